The van der Waals surface area contributed by atoms with Crippen LogP contribution in [-0.2, 0) is 25.7 Å². The second-order valence-electron chi connectivity index (χ2n) is 6.74. The summed E-state index contributed by atoms with van der Waals surface area (Å²) >= 11 is 0. The van der Waals surface area contributed by atoms with Gasteiger partial charge in [-0.2, -0.15) is 15.7 Å². The lowest BCUT2D eigenvalue weighted by Gasteiger charge is -2.29. The topological polar surface area (TPSA) is 114 Å². The van der Waals surface area contributed by atoms with Gasteiger partial charge in [-0.05, 0) is 78.8 Å². The number of H-pyrrole nitrogens is 1. The molecule has 2 aliphatic rings. The Balaban J connectivity index is 1.83. The summed E-state index contributed by atoms with van der Waals surface area (Å²) in [7, 11) is 0. The Morgan fingerprint density at radius 2 is 1.62 bits per heavy atom. The molecule has 130 valence electrons. The standard InChI is InChI=1S/C19H19N7/c20-9-12(19-23-25-26-24-19)11-22-18-16-8-4-3-6-14(16)13-5-1-2-7-15(13)17(18)10-21/h11,22H,1-8H2,(H,23,24,25,26). The van der Waals surface area contributed by atoms with Crippen molar-refractivity contribution < 1.29 is 0 Å². The molecule has 7 heteroatoms. The third-order valence-corrected chi connectivity index (χ3v) is 5.33. The molecule has 2 N–H and O–H groups in total. The van der Waals surface area contributed by atoms with Gasteiger partial charge in [0.05, 0.1) is 11.3 Å². The van der Waals surface area contributed by atoms with Crippen LogP contribution in [0.3, 0.4) is 0 Å². The minimum absolute atomic E-state index is 0.241. The first-order valence-corrected chi connectivity index (χ1v) is 9.03. The fourth-order valence-electron chi connectivity index (χ4n) is 4.18. The van der Waals surface area contributed by atoms with Gasteiger partial charge >= 0.3 is 0 Å². The molecule has 26 heavy (non-hydrogen) atoms. The number of nitriles is 2. The normalized spacial score (nSPS) is 16.2. The molecule has 2 aliphatic carbocycles. The van der Waals surface area contributed by atoms with E-state index in [1.807, 2.05) is 0 Å². The van der Waals surface area contributed by atoms with E-state index in [2.05, 4.69) is 38.1 Å². The third kappa shape index (κ3) is 2.72. The van der Waals surface area contributed by atoms with E-state index < -0.39 is 0 Å². The molecule has 1 aromatic carbocycles. The zero-order valence-corrected chi connectivity index (χ0v) is 14.5. The van der Waals surface area contributed by atoms with Crippen LogP contribution in [0.4, 0.5) is 5.69 Å². The van der Waals surface area contributed by atoms with Gasteiger partial charge in [-0.25, -0.2) is 0 Å². The maximum Gasteiger partial charge on any atom is 0.216 e. The summed E-state index contributed by atoms with van der Waals surface area (Å²) in [4.78, 5) is 0. The molecule has 2 aromatic rings. The van der Waals surface area contributed by atoms with E-state index in [1.165, 1.54) is 35.1 Å². The van der Waals surface area contributed by atoms with E-state index in [1.54, 1.807) is 6.20 Å². The van der Waals surface area contributed by atoms with Gasteiger partial charge in [-0.3, -0.25) is 0 Å². The van der Waals surface area contributed by atoms with Crippen molar-refractivity contribution in [3.63, 3.8) is 0 Å². The summed E-state index contributed by atoms with van der Waals surface area (Å²) in [5.74, 6) is 0.241. The highest BCUT2D eigenvalue weighted by Crippen LogP contribution is 2.40. The Bertz CT molecular complexity index is 942. The molecule has 0 saturated heterocycles. The monoisotopic (exact) mass is 345 g/mol. The molecule has 0 fully saturated rings. The number of nitrogens with one attached hydrogen (secondary N) is 2. The number of aromatic nitrogens is 4. The first kappa shape index (κ1) is 16.3. The van der Waals surface area contributed by atoms with Crippen LogP contribution in [0.1, 0.15) is 59.3 Å². The summed E-state index contributed by atoms with van der Waals surface area (Å²) in [5, 5.41) is 36.1. The molecule has 0 atom stereocenters. The number of nitrogens with zero attached hydrogens (tertiary/aromatic N) is 5. The van der Waals surface area contributed by atoms with E-state index in [-0.39, 0.29) is 11.4 Å². The predicted octanol–water partition coefficient (Wildman–Crippen LogP) is 2.81. The first-order valence-electron chi connectivity index (χ1n) is 9.03. The summed E-state index contributed by atoms with van der Waals surface area (Å²) in [6.07, 6.45) is 10.3. The van der Waals surface area contributed by atoms with Crippen molar-refractivity contribution in [3.05, 3.63) is 39.8 Å². The van der Waals surface area contributed by atoms with Crippen LogP contribution in [0.2, 0.25) is 0 Å². The van der Waals surface area contributed by atoms with Crippen LogP contribution >= 0.6 is 0 Å². The fourth-order valence-corrected chi connectivity index (χ4v) is 4.18. The molecule has 0 bridgehead atoms. The van der Waals surface area contributed by atoms with Crippen LogP contribution in [-0.4, -0.2) is 20.6 Å². The van der Waals surface area contributed by atoms with Gasteiger partial charge in [0.15, 0.2) is 0 Å². The molecule has 1 aromatic heterocycles. The van der Waals surface area contributed by atoms with E-state index in [4.69, 9.17) is 0 Å². The summed E-state index contributed by atoms with van der Waals surface area (Å²) in [6, 6.07) is 4.51. The van der Waals surface area contributed by atoms with Crippen LogP contribution in [0.25, 0.3) is 5.57 Å². The maximum atomic E-state index is 9.87. The molecule has 0 spiro atoms. The highest BCUT2D eigenvalue weighted by Gasteiger charge is 2.26. The van der Waals surface area contributed by atoms with Crippen molar-refractivity contribution in [3.8, 4) is 12.1 Å². The lowest BCUT2D eigenvalue weighted by Crippen LogP contribution is -2.17. The number of rotatable bonds is 3. The van der Waals surface area contributed by atoms with Crippen molar-refractivity contribution in [2.24, 2.45) is 0 Å². The minimum atomic E-state index is 0.241. The fraction of sp³-hybridized carbons (Fsp3) is 0.421. The number of anilines is 1. The predicted molar refractivity (Wildman–Crippen MR) is 95.8 cm³/mol. The number of allylic oxidation sites excluding steroid dienone is 1. The Labute approximate surface area is 151 Å². The Hall–Kier alpha value is -3.19. The summed E-state index contributed by atoms with van der Waals surface area (Å²) in [6.45, 7) is 0. The molecular formula is C19H19N7. The maximum absolute atomic E-state index is 9.87. The van der Waals surface area contributed by atoms with Crippen LogP contribution < -0.4 is 5.32 Å². The average Bonchev–Trinajstić information content (AvgIpc) is 3.23. The Morgan fingerprint density at radius 3 is 2.23 bits per heavy atom. The molecule has 4 rings (SSSR count). The molecule has 1 heterocycles. The second kappa shape index (κ2) is 6.97. The molecule has 7 nitrogen and oxygen atoms in total. The SMILES string of the molecule is N#CC(=CNc1c(C#N)c2c(c3c1CCCC3)CCCC2)c1nn[nH]n1. The van der Waals surface area contributed by atoms with Gasteiger partial charge in [-0.1, -0.05) is 0 Å². The highest BCUT2D eigenvalue weighted by atomic mass is 15.5. The molecule has 0 radical (unpaired) electrons. The molecular weight excluding hydrogens is 326 g/mol. The average molecular weight is 345 g/mol. The largest absolute Gasteiger partial charge is 0.359 e. The van der Waals surface area contributed by atoms with Gasteiger partial charge in [0.2, 0.25) is 5.82 Å². The van der Waals surface area contributed by atoms with Crippen molar-refractivity contribution in [1.82, 2.24) is 20.6 Å². The quantitative estimate of drug-likeness (QED) is 0.827. The molecule has 0 amide bonds. The molecule has 0 aliphatic heterocycles. The van der Waals surface area contributed by atoms with E-state index in [0.717, 1.165) is 49.8 Å². The Kier molecular flexibility index (Phi) is 4.37. The smallest absolute Gasteiger partial charge is 0.216 e. The number of tetrazole rings is 1. The second-order valence-corrected chi connectivity index (χ2v) is 6.74. The third-order valence-electron chi connectivity index (χ3n) is 5.33. The van der Waals surface area contributed by atoms with Gasteiger partial charge < -0.3 is 5.32 Å². The molecule has 0 unspecified atom stereocenters. The van der Waals surface area contributed by atoms with Crippen LogP contribution in [0.15, 0.2) is 6.20 Å². The lowest BCUT2D eigenvalue weighted by molar-refractivity contribution is 0.640. The van der Waals surface area contributed by atoms with E-state index in [0.29, 0.717) is 0 Å². The minimum Gasteiger partial charge on any atom is -0.359 e. The lowest BCUT2D eigenvalue weighted by atomic mass is 9.77. The number of aromatic amines is 1. The number of hydrogen-bond acceptors (Lipinski definition) is 6. The van der Waals surface area contributed by atoms with Gasteiger partial charge in [0.25, 0.3) is 0 Å². The number of benzene rings is 1. The number of fused-ring (bicyclic) bond motifs is 3. The van der Waals surface area contributed by atoms with Crippen molar-refractivity contribution in [2.75, 3.05) is 5.32 Å². The number of hydrogen-bond donors (Lipinski definition) is 2. The molecule has 0 saturated carbocycles. The van der Waals surface area contributed by atoms with Gasteiger partial charge in [-0.15, -0.1) is 10.2 Å². The zero-order valence-electron chi connectivity index (χ0n) is 14.5. The first-order chi connectivity index (χ1) is 12.8. The highest BCUT2D eigenvalue weighted by molar-refractivity contribution is 5.78. The van der Waals surface area contributed by atoms with Crippen molar-refractivity contribution >= 4 is 11.3 Å². The van der Waals surface area contributed by atoms with Crippen LogP contribution in [0.5, 0.6) is 0 Å². The van der Waals surface area contributed by atoms with Crippen molar-refractivity contribution in [1.29, 1.82) is 10.5 Å². The van der Waals surface area contributed by atoms with Gasteiger partial charge in [0.1, 0.15) is 17.7 Å². The summed E-state index contributed by atoms with van der Waals surface area (Å²) < 4.78 is 0. The summed E-state index contributed by atoms with van der Waals surface area (Å²) in [5.41, 5.74) is 7.17. The van der Waals surface area contributed by atoms with E-state index in [9.17, 15) is 10.5 Å². The van der Waals surface area contributed by atoms with E-state index >= 15 is 0 Å². The van der Waals surface area contributed by atoms with Gasteiger partial charge in [0, 0.05) is 6.20 Å². The zero-order chi connectivity index (χ0) is 17.9. The Morgan fingerprint density at radius 1 is 0.962 bits per heavy atom. The van der Waals surface area contributed by atoms with Crippen molar-refractivity contribution in [2.45, 2.75) is 51.4 Å². The van der Waals surface area contributed by atoms with Crippen LogP contribution in [0, 0.1) is 22.7 Å².